The fourth-order valence-corrected chi connectivity index (χ4v) is 2.90. The molecule has 0 saturated heterocycles. The zero-order valence-corrected chi connectivity index (χ0v) is 12.5. The van der Waals surface area contributed by atoms with Crippen molar-refractivity contribution in [3.05, 3.63) is 54.6 Å². The maximum atomic E-state index is 4.26. The predicted molar refractivity (Wildman–Crippen MR) is 82.9 cm³/mol. The van der Waals surface area contributed by atoms with E-state index in [0.717, 1.165) is 28.7 Å². The molecule has 0 aliphatic rings. The van der Waals surface area contributed by atoms with E-state index in [1.165, 1.54) is 5.56 Å². The van der Waals surface area contributed by atoms with Gasteiger partial charge in [-0.15, -0.1) is 10.2 Å². The summed E-state index contributed by atoms with van der Waals surface area (Å²) in [5.41, 5.74) is 2.26. The Morgan fingerprint density at radius 3 is 2.67 bits per heavy atom. The lowest BCUT2D eigenvalue weighted by Gasteiger charge is -2.03. The van der Waals surface area contributed by atoms with E-state index in [1.54, 1.807) is 24.2 Å². The number of hydrogen-bond donors (Lipinski definition) is 0. The molecule has 0 spiro atoms. The van der Waals surface area contributed by atoms with Crippen molar-refractivity contribution in [1.82, 2.24) is 24.7 Å². The van der Waals surface area contributed by atoms with Crippen molar-refractivity contribution in [3.8, 4) is 11.4 Å². The van der Waals surface area contributed by atoms with Crippen LogP contribution in [0, 0.1) is 0 Å². The Morgan fingerprint density at radius 2 is 1.90 bits per heavy atom. The molecule has 0 bridgehead atoms. The maximum Gasteiger partial charge on any atom is 0.191 e. The minimum Gasteiger partial charge on any atom is -0.305 e. The summed E-state index contributed by atoms with van der Waals surface area (Å²) in [6.45, 7) is 0. The molecule has 0 radical (unpaired) electrons. The summed E-state index contributed by atoms with van der Waals surface area (Å²) < 4.78 is 2.01. The van der Waals surface area contributed by atoms with Crippen LogP contribution in [0.4, 0.5) is 0 Å². The van der Waals surface area contributed by atoms with E-state index in [9.17, 15) is 0 Å². The third-order valence-electron chi connectivity index (χ3n) is 3.13. The molecule has 3 aromatic heterocycles. The SMILES string of the molecule is Cn1c(SCCc2ccncc2)nnc1-c1cccnc1. The third-order valence-corrected chi connectivity index (χ3v) is 4.15. The van der Waals surface area contributed by atoms with Crippen LogP contribution in [0.1, 0.15) is 5.56 Å². The minimum atomic E-state index is 0.842. The zero-order chi connectivity index (χ0) is 14.5. The average Bonchev–Trinajstić information content (AvgIpc) is 2.90. The highest BCUT2D eigenvalue weighted by atomic mass is 32.2. The maximum absolute atomic E-state index is 4.26. The molecule has 3 heterocycles. The molecule has 0 fully saturated rings. The molecule has 21 heavy (non-hydrogen) atoms. The largest absolute Gasteiger partial charge is 0.305 e. The van der Waals surface area contributed by atoms with E-state index in [0.29, 0.717) is 0 Å². The highest BCUT2D eigenvalue weighted by Gasteiger charge is 2.10. The smallest absolute Gasteiger partial charge is 0.191 e. The van der Waals surface area contributed by atoms with Gasteiger partial charge in [0.2, 0.25) is 0 Å². The Labute approximate surface area is 127 Å². The van der Waals surface area contributed by atoms with Crippen LogP contribution in [0.2, 0.25) is 0 Å². The van der Waals surface area contributed by atoms with Gasteiger partial charge in [-0.2, -0.15) is 0 Å². The number of pyridine rings is 2. The Kier molecular flexibility index (Phi) is 4.25. The van der Waals surface area contributed by atoms with Crippen molar-refractivity contribution < 1.29 is 0 Å². The van der Waals surface area contributed by atoms with Gasteiger partial charge < -0.3 is 4.57 Å². The molecule has 3 aromatic rings. The summed E-state index contributed by atoms with van der Waals surface area (Å²) in [5.74, 6) is 1.80. The molecule has 0 aliphatic heterocycles. The lowest BCUT2D eigenvalue weighted by molar-refractivity contribution is 0.793. The Balaban J connectivity index is 1.66. The van der Waals surface area contributed by atoms with Crippen LogP contribution in [0.3, 0.4) is 0 Å². The standard InChI is InChI=1S/C15H15N5S/c1-20-14(13-3-2-7-17-11-13)18-19-15(20)21-10-6-12-4-8-16-9-5-12/h2-5,7-9,11H,6,10H2,1H3. The summed E-state index contributed by atoms with van der Waals surface area (Å²) in [5, 5.41) is 9.43. The molecule has 0 atom stereocenters. The van der Waals surface area contributed by atoms with Gasteiger partial charge in [-0.25, -0.2) is 0 Å². The van der Waals surface area contributed by atoms with E-state index in [2.05, 4.69) is 20.2 Å². The van der Waals surface area contributed by atoms with E-state index in [1.807, 2.05) is 48.3 Å². The topological polar surface area (TPSA) is 56.5 Å². The molecule has 3 rings (SSSR count). The van der Waals surface area contributed by atoms with Gasteiger partial charge >= 0.3 is 0 Å². The van der Waals surface area contributed by atoms with Crippen molar-refractivity contribution >= 4 is 11.8 Å². The first kappa shape index (κ1) is 13.8. The zero-order valence-electron chi connectivity index (χ0n) is 11.7. The molecule has 0 aromatic carbocycles. The normalized spacial score (nSPS) is 10.7. The first-order valence-electron chi connectivity index (χ1n) is 6.66. The van der Waals surface area contributed by atoms with Crippen LogP contribution in [-0.2, 0) is 13.5 Å². The van der Waals surface area contributed by atoms with Crippen molar-refractivity contribution in [1.29, 1.82) is 0 Å². The highest BCUT2D eigenvalue weighted by molar-refractivity contribution is 7.99. The molecule has 0 N–H and O–H groups in total. The average molecular weight is 297 g/mol. The number of nitrogens with zero attached hydrogens (tertiary/aromatic N) is 5. The van der Waals surface area contributed by atoms with Crippen molar-refractivity contribution in [3.63, 3.8) is 0 Å². The quantitative estimate of drug-likeness (QED) is 0.678. The van der Waals surface area contributed by atoms with Gasteiger partial charge in [0, 0.05) is 43.2 Å². The van der Waals surface area contributed by atoms with Crippen LogP contribution in [-0.4, -0.2) is 30.5 Å². The van der Waals surface area contributed by atoms with Gasteiger partial charge in [0.25, 0.3) is 0 Å². The second-order valence-corrected chi connectivity index (χ2v) is 5.62. The lowest BCUT2D eigenvalue weighted by Crippen LogP contribution is -1.96. The van der Waals surface area contributed by atoms with Gasteiger partial charge in [-0.1, -0.05) is 11.8 Å². The minimum absolute atomic E-state index is 0.842. The van der Waals surface area contributed by atoms with Crippen molar-refractivity contribution in [2.75, 3.05) is 5.75 Å². The monoisotopic (exact) mass is 297 g/mol. The highest BCUT2D eigenvalue weighted by Crippen LogP contribution is 2.22. The van der Waals surface area contributed by atoms with Gasteiger partial charge in [0.15, 0.2) is 11.0 Å². The van der Waals surface area contributed by atoms with Crippen LogP contribution >= 0.6 is 11.8 Å². The Bertz CT molecular complexity index is 697. The van der Waals surface area contributed by atoms with Crippen LogP contribution < -0.4 is 0 Å². The van der Waals surface area contributed by atoms with Gasteiger partial charge in [-0.05, 0) is 36.2 Å². The summed E-state index contributed by atoms with van der Waals surface area (Å²) in [7, 11) is 1.98. The molecular weight excluding hydrogens is 282 g/mol. The number of hydrogen-bond acceptors (Lipinski definition) is 5. The van der Waals surface area contributed by atoms with E-state index in [4.69, 9.17) is 0 Å². The molecular formula is C15H15N5S. The van der Waals surface area contributed by atoms with E-state index >= 15 is 0 Å². The molecule has 6 heteroatoms. The fourth-order valence-electron chi connectivity index (χ4n) is 2.00. The van der Waals surface area contributed by atoms with Crippen molar-refractivity contribution in [2.45, 2.75) is 11.6 Å². The number of aryl methyl sites for hydroxylation is 1. The number of rotatable bonds is 5. The van der Waals surface area contributed by atoms with Crippen LogP contribution in [0.5, 0.6) is 0 Å². The summed E-state index contributed by atoms with van der Waals surface area (Å²) >= 11 is 1.71. The van der Waals surface area contributed by atoms with E-state index in [-0.39, 0.29) is 0 Å². The summed E-state index contributed by atoms with van der Waals surface area (Å²) in [6.07, 6.45) is 8.19. The molecule has 0 unspecified atom stereocenters. The molecule has 0 aliphatic carbocycles. The van der Waals surface area contributed by atoms with Gasteiger partial charge in [0.1, 0.15) is 0 Å². The second kappa shape index (κ2) is 6.49. The van der Waals surface area contributed by atoms with Gasteiger partial charge in [-0.3, -0.25) is 9.97 Å². The van der Waals surface area contributed by atoms with Crippen LogP contribution in [0.25, 0.3) is 11.4 Å². The number of aromatic nitrogens is 5. The molecule has 0 saturated carbocycles. The molecule has 0 amide bonds. The molecule has 5 nitrogen and oxygen atoms in total. The summed E-state index contributed by atoms with van der Waals surface area (Å²) in [6, 6.07) is 7.97. The summed E-state index contributed by atoms with van der Waals surface area (Å²) in [4.78, 5) is 8.14. The predicted octanol–water partition coefficient (Wildman–Crippen LogP) is 2.61. The van der Waals surface area contributed by atoms with Gasteiger partial charge in [0.05, 0.1) is 0 Å². The second-order valence-electron chi connectivity index (χ2n) is 4.56. The van der Waals surface area contributed by atoms with E-state index < -0.39 is 0 Å². The fraction of sp³-hybridized carbons (Fsp3) is 0.200. The first-order valence-corrected chi connectivity index (χ1v) is 7.64. The molecule has 106 valence electrons. The lowest BCUT2D eigenvalue weighted by atomic mass is 10.2. The Morgan fingerprint density at radius 1 is 1.05 bits per heavy atom. The Hall–Kier alpha value is -2.21. The number of thioether (sulfide) groups is 1. The third kappa shape index (κ3) is 3.28. The van der Waals surface area contributed by atoms with Crippen molar-refractivity contribution in [2.24, 2.45) is 7.05 Å². The van der Waals surface area contributed by atoms with Crippen LogP contribution in [0.15, 0.2) is 54.2 Å². The first-order chi connectivity index (χ1) is 10.3.